The summed E-state index contributed by atoms with van der Waals surface area (Å²) in [5.41, 5.74) is 1.71. The van der Waals surface area contributed by atoms with E-state index >= 15 is 0 Å². The zero-order valence-corrected chi connectivity index (χ0v) is 10.8. The van der Waals surface area contributed by atoms with Crippen LogP contribution in [-0.4, -0.2) is 23.5 Å². The van der Waals surface area contributed by atoms with Crippen LogP contribution in [-0.2, 0) is 4.74 Å². The average molecular weight is 294 g/mol. The van der Waals surface area contributed by atoms with Crippen LogP contribution < -0.4 is 0 Å². The predicted octanol–water partition coefficient (Wildman–Crippen LogP) is 3.29. The lowest BCUT2D eigenvalue weighted by Crippen LogP contribution is -2.18. The van der Waals surface area contributed by atoms with Crippen LogP contribution in [0.3, 0.4) is 0 Å². The van der Waals surface area contributed by atoms with Crippen LogP contribution in [0, 0.1) is 0 Å². The lowest BCUT2D eigenvalue weighted by atomic mass is 10.0. The summed E-state index contributed by atoms with van der Waals surface area (Å²) in [5.74, 6) is 0.0936. The molecule has 1 N–H and O–H groups in total. The number of H-pyrrole nitrogens is 1. The van der Waals surface area contributed by atoms with Gasteiger partial charge in [-0.25, -0.2) is 0 Å². The number of aromatic nitrogens is 1. The fraction of sp³-hybridized carbons (Fsp3) is 0.308. The molecule has 0 bridgehead atoms. The summed E-state index contributed by atoms with van der Waals surface area (Å²) in [6.07, 6.45) is 3.34. The van der Waals surface area contributed by atoms with Crippen molar-refractivity contribution >= 4 is 32.6 Å². The number of nitrogens with one attached hydrogen (secondary N) is 1. The molecule has 1 unspecified atom stereocenters. The zero-order valence-electron chi connectivity index (χ0n) is 9.20. The van der Waals surface area contributed by atoms with Gasteiger partial charge in [0.2, 0.25) is 0 Å². The van der Waals surface area contributed by atoms with Crippen LogP contribution in [0.4, 0.5) is 0 Å². The molecule has 3 nitrogen and oxygen atoms in total. The van der Waals surface area contributed by atoms with Crippen LogP contribution >= 0.6 is 15.9 Å². The second kappa shape index (κ2) is 4.27. The van der Waals surface area contributed by atoms with Crippen LogP contribution in [0.1, 0.15) is 23.2 Å². The van der Waals surface area contributed by atoms with Crippen LogP contribution in [0.15, 0.2) is 28.9 Å². The van der Waals surface area contributed by atoms with Crippen LogP contribution in [0.25, 0.3) is 10.9 Å². The van der Waals surface area contributed by atoms with Crippen LogP contribution in [0.5, 0.6) is 0 Å². The van der Waals surface area contributed by atoms with Crippen molar-refractivity contribution < 1.29 is 9.53 Å². The van der Waals surface area contributed by atoms with Crippen molar-refractivity contribution in [2.75, 3.05) is 6.61 Å². The maximum atomic E-state index is 12.3. The lowest BCUT2D eigenvalue weighted by Gasteiger charge is -2.06. The molecule has 1 atom stereocenters. The van der Waals surface area contributed by atoms with Crippen molar-refractivity contribution in [1.82, 2.24) is 4.98 Å². The van der Waals surface area contributed by atoms with E-state index in [2.05, 4.69) is 20.9 Å². The minimum atomic E-state index is -0.252. The molecule has 1 aliphatic heterocycles. The minimum absolute atomic E-state index is 0.0936. The first-order valence-corrected chi connectivity index (χ1v) is 6.47. The molecule has 2 heterocycles. The predicted molar refractivity (Wildman–Crippen MR) is 69.3 cm³/mol. The van der Waals surface area contributed by atoms with E-state index < -0.39 is 0 Å². The quantitative estimate of drug-likeness (QED) is 0.864. The molecule has 1 aromatic heterocycles. The number of hydrogen-bond donors (Lipinski definition) is 1. The van der Waals surface area contributed by atoms with Gasteiger partial charge < -0.3 is 9.72 Å². The molecule has 0 amide bonds. The van der Waals surface area contributed by atoms with Gasteiger partial charge in [-0.05, 0) is 25.0 Å². The van der Waals surface area contributed by atoms with Crippen molar-refractivity contribution in [2.24, 2.45) is 0 Å². The number of carbonyl (C=O) groups is 1. The normalized spacial score (nSPS) is 19.9. The average Bonchev–Trinajstić information content (AvgIpc) is 2.96. The van der Waals surface area contributed by atoms with Gasteiger partial charge in [0.05, 0.1) is 0 Å². The standard InChI is InChI=1S/C13H12BrNO2/c14-8-3-4-9-10(7-15-11(9)6-8)13(16)12-2-1-5-17-12/h3-4,6-7,12,15H,1-2,5H2. The van der Waals surface area contributed by atoms with E-state index in [0.29, 0.717) is 6.61 Å². The number of benzene rings is 1. The second-order valence-electron chi connectivity index (χ2n) is 4.26. The largest absolute Gasteiger partial charge is 0.370 e. The number of ketones is 1. The summed E-state index contributed by atoms with van der Waals surface area (Å²) < 4.78 is 6.44. The summed E-state index contributed by atoms with van der Waals surface area (Å²) in [4.78, 5) is 15.4. The number of halogens is 1. The smallest absolute Gasteiger partial charge is 0.193 e. The Balaban J connectivity index is 2.02. The highest BCUT2D eigenvalue weighted by atomic mass is 79.9. The van der Waals surface area contributed by atoms with Gasteiger partial charge in [0.25, 0.3) is 0 Å². The number of rotatable bonds is 2. The highest BCUT2D eigenvalue weighted by Crippen LogP contribution is 2.25. The Morgan fingerprint density at radius 2 is 2.35 bits per heavy atom. The molecule has 1 aromatic carbocycles. The van der Waals surface area contributed by atoms with Crippen LogP contribution in [0.2, 0.25) is 0 Å². The van der Waals surface area contributed by atoms with Crippen molar-refractivity contribution in [3.05, 3.63) is 34.4 Å². The Hall–Kier alpha value is -1.13. The number of Topliss-reactive ketones (excluding diaryl/α,β-unsaturated/α-hetero) is 1. The van der Waals surface area contributed by atoms with Gasteiger partial charge in [-0.1, -0.05) is 22.0 Å². The Labute approximate surface area is 107 Å². The number of ether oxygens (including phenoxy) is 1. The topological polar surface area (TPSA) is 42.1 Å². The molecule has 2 aromatic rings. The fourth-order valence-electron chi connectivity index (χ4n) is 2.26. The highest BCUT2D eigenvalue weighted by molar-refractivity contribution is 9.10. The van der Waals surface area contributed by atoms with Gasteiger partial charge >= 0.3 is 0 Å². The fourth-order valence-corrected chi connectivity index (χ4v) is 2.62. The lowest BCUT2D eigenvalue weighted by molar-refractivity contribution is 0.0644. The number of aromatic amines is 1. The summed E-state index contributed by atoms with van der Waals surface area (Å²) >= 11 is 3.42. The van der Waals surface area contributed by atoms with E-state index in [1.165, 1.54) is 0 Å². The maximum absolute atomic E-state index is 12.3. The van der Waals surface area contributed by atoms with Gasteiger partial charge in [-0.3, -0.25) is 4.79 Å². The first-order chi connectivity index (χ1) is 8.25. The Morgan fingerprint density at radius 3 is 3.12 bits per heavy atom. The number of carbonyl (C=O) groups excluding carboxylic acids is 1. The first kappa shape index (κ1) is 11.0. The van der Waals surface area contributed by atoms with Gasteiger partial charge in [0.1, 0.15) is 6.10 Å². The third-order valence-corrected chi connectivity index (χ3v) is 3.62. The molecule has 0 radical (unpaired) electrons. The second-order valence-corrected chi connectivity index (χ2v) is 5.17. The van der Waals surface area contributed by atoms with E-state index in [4.69, 9.17) is 4.74 Å². The van der Waals surface area contributed by atoms with E-state index in [0.717, 1.165) is 33.8 Å². The Kier molecular flexibility index (Phi) is 2.76. The first-order valence-electron chi connectivity index (χ1n) is 5.68. The van der Waals surface area contributed by atoms with Gasteiger partial charge in [0, 0.05) is 33.7 Å². The Morgan fingerprint density at radius 1 is 1.47 bits per heavy atom. The summed E-state index contributed by atoms with van der Waals surface area (Å²) in [7, 11) is 0. The molecule has 0 saturated carbocycles. The highest BCUT2D eigenvalue weighted by Gasteiger charge is 2.26. The van der Waals surface area contributed by atoms with Crippen molar-refractivity contribution in [3.8, 4) is 0 Å². The third kappa shape index (κ3) is 1.91. The molecule has 17 heavy (non-hydrogen) atoms. The Bertz CT molecular complexity index is 570. The van der Waals surface area contributed by atoms with E-state index in [1.807, 2.05) is 18.2 Å². The number of fused-ring (bicyclic) bond motifs is 1. The maximum Gasteiger partial charge on any atom is 0.193 e. The van der Waals surface area contributed by atoms with Gasteiger partial charge in [0.15, 0.2) is 5.78 Å². The molecule has 3 rings (SSSR count). The van der Waals surface area contributed by atoms with E-state index in [9.17, 15) is 4.79 Å². The van der Waals surface area contributed by atoms with E-state index in [1.54, 1.807) is 6.20 Å². The number of hydrogen-bond acceptors (Lipinski definition) is 2. The monoisotopic (exact) mass is 293 g/mol. The zero-order chi connectivity index (χ0) is 11.8. The SMILES string of the molecule is O=C(c1c[nH]c2cc(Br)ccc12)C1CCCO1. The summed E-state index contributed by atoms with van der Waals surface area (Å²) in [6, 6.07) is 5.88. The van der Waals surface area contributed by atoms with E-state index in [-0.39, 0.29) is 11.9 Å². The third-order valence-electron chi connectivity index (χ3n) is 3.13. The van der Waals surface area contributed by atoms with Crippen molar-refractivity contribution in [2.45, 2.75) is 18.9 Å². The molecular formula is C13H12BrNO2. The molecule has 1 aliphatic rings. The molecule has 0 aliphatic carbocycles. The molecule has 1 saturated heterocycles. The molecule has 4 heteroatoms. The summed E-state index contributed by atoms with van der Waals surface area (Å²) in [6.45, 7) is 0.699. The van der Waals surface area contributed by atoms with Crippen molar-refractivity contribution in [3.63, 3.8) is 0 Å². The molecule has 1 fully saturated rings. The minimum Gasteiger partial charge on any atom is -0.370 e. The van der Waals surface area contributed by atoms with Crippen molar-refractivity contribution in [1.29, 1.82) is 0 Å². The molecular weight excluding hydrogens is 282 g/mol. The molecule has 0 spiro atoms. The summed E-state index contributed by atoms with van der Waals surface area (Å²) in [5, 5.41) is 0.966. The van der Waals surface area contributed by atoms with Gasteiger partial charge in [-0.15, -0.1) is 0 Å². The van der Waals surface area contributed by atoms with Gasteiger partial charge in [-0.2, -0.15) is 0 Å². The molecule has 88 valence electrons.